The molecule has 2 aliphatic heterocycles. The summed E-state index contributed by atoms with van der Waals surface area (Å²) in [6.07, 6.45) is 8.25. The summed E-state index contributed by atoms with van der Waals surface area (Å²) in [7, 11) is 2.39. The molecule has 0 spiro atoms. The molecule has 0 radical (unpaired) electrons. The van der Waals surface area contributed by atoms with Crippen LogP contribution in [0.2, 0.25) is 0 Å². The third-order valence-corrected chi connectivity index (χ3v) is 8.62. The van der Waals surface area contributed by atoms with Crippen molar-refractivity contribution in [3.8, 4) is 0 Å². The fourth-order valence-corrected chi connectivity index (χ4v) is 6.58. The lowest BCUT2D eigenvalue weighted by Gasteiger charge is -2.42. The number of aryl methyl sites for hydroxylation is 1. The van der Waals surface area contributed by atoms with E-state index in [-0.39, 0.29) is 0 Å². The van der Waals surface area contributed by atoms with Gasteiger partial charge in [0.25, 0.3) is 0 Å². The minimum absolute atomic E-state index is 0.433. The highest BCUT2D eigenvalue weighted by atomic mass is 15.4. The summed E-state index contributed by atoms with van der Waals surface area (Å²) in [4.78, 5) is 19.0. The van der Waals surface area contributed by atoms with Crippen LogP contribution in [0.5, 0.6) is 0 Å². The van der Waals surface area contributed by atoms with Crippen molar-refractivity contribution in [2.45, 2.75) is 57.7 Å². The van der Waals surface area contributed by atoms with Gasteiger partial charge in [-0.15, -0.1) is 0 Å². The van der Waals surface area contributed by atoms with Gasteiger partial charge in [-0.25, -0.2) is 4.98 Å². The van der Waals surface area contributed by atoms with Crippen LogP contribution >= 0.6 is 0 Å². The van der Waals surface area contributed by atoms with Gasteiger partial charge in [0.1, 0.15) is 23.8 Å². The fourth-order valence-electron chi connectivity index (χ4n) is 6.58. The van der Waals surface area contributed by atoms with Gasteiger partial charge in [0.05, 0.1) is 24.8 Å². The van der Waals surface area contributed by atoms with E-state index in [0.717, 1.165) is 48.4 Å². The molecule has 1 unspecified atom stereocenters. The van der Waals surface area contributed by atoms with E-state index in [2.05, 4.69) is 59.1 Å². The Morgan fingerprint density at radius 1 is 1.09 bits per heavy atom. The number of pyridine rings is 1. The Bertz CT molecular complexity index is 1140. The molecule has 4 heterocycles. The number of fused-ring (bicyclic) bond motifs is 3. The number of H-pyrrole nitrogens is 1. The van der Waals surface area contributed by atoms with Gasteiger partial charge in [-0.05, 0) is 62.9 Å². The smallest absolute Gasteiger partial charge is 0.162 e. The van der Waals surface area contributed by atoms with E-state index in [9.17, 15) is 0 Å². The third kappa shape index (κ3) is 3.73. The van der Waals surface area contributed by atoms with Crippen LogP contribution < -0.4 is 4.90 Å². The molecule has 1 N–H and O–H groups in total. The van der Waals surface area contributed by atoms with Crippen molar-refractivity contribution in [2.24, 2.45) is 0 Å². The van der Waals surface area contributed by atoms with Crippen LogP contribution in [0.25, 0.3) is 11.0 Å². The molecule has 2 fully saturated rings. The first-order chi connectivity index (χ1) is 16.1. The summed E-state index contributed by atoms with van der Waals surface area (Å²) >= 11 is 0. The highest BCUT2D eigenvalue weighted by Gasteiger charge is 2.38. The number of benzene rings is 1. The molecule has 0 saturated carbocycles. The van der Waals surface area contributed by atoms with E-state index in [1.54, 1.807) is 0 Å². The van der Waals surface area contributed by atoms with E-state index >= 15 is 0 Å². The minimum Gasteiger partial charge on any atom is -0.367 e. The Hall–Kier alpha value is -2.44. The number of imidazole rings is 1. The molecule has 1 aliphatic carbocycles. The van der Waals surface area contributed by atoms with E-state index in [0.29, 0.717) is 12.1 Å². The van der Waals surface area contributed by atoms with Gasteiger partial charge < -0.3 is 14.4 Å². The zero-order valence-electron chi connectivity index (χ0n) is 20.1. The molecule has 2 saturated heterocycles. The molecule has 6 rings (SSSR count). The summed E-state index contributed by atoms with van der Waals surface area (Å²) in [5, 5.41) is 0. The molecule has 3 atom stereocenters. The number of para-hydroxylation sites is 1. The van der Waals surface area contributed by atoms with E-state index in [4.69, 9.17) is 9.97 Å². The van der Waals surface area contributed by atoms with Crippen molar-refractivity contribution in [3.63, 3.8) is 0 Å². The van der Waals surface area contributed by atoms with Crippen molar-refractivity contribution in [3.05, 3.63) is 53.6 Å². The molecule has 1 aromatic carbocycles. The van der Waals surface area contributed by atoms with Gasteiger partial charge in [0.15, 0.2) is 5.82 Å². The molecular weight excluding hydrogens is 408 g/mol. The highest BCUT2D eigenvalue weighted by Crippen LogP contribution is 2.38. The molecule has 0 bridgehead atoms. The Morgan fingerprint density at radius 2 is 2.03 bits per heavy atom. The van der Waals surface area contributed by atoms with Crippen LogP contribution in [0.4, 0.5) is 5.69 Å². The fraction of sp³-hybridized carbons (Fsp3) is 0.556. The van der Waals surface area contributed by atoms with Crippen molar-refractivity contribution in [1.82, 2.24) is 19.9 Å². The van der Waals surface area contributed by atoms with Crippen LogP contribution in [-0.4, -0.2) is 70.1 Å². The molecule has 0 amide bonds. The monoisotopic (exact) mass is 445 g/mol. The quantitative estimate of drug-likeness (QED) is 0.596. The predicted octanol–water partition coefficient (Wildman–Crippen LogP) is 4.29. The number of hydrogen-bond donors (Lipinski definition) is 1. The molecule has 6 nitrogen and oxygen atoms in total. The Balaban J connectivity index is 1.30. The van der Waals surface area contributed by atoms with Gasteiger partial charge >= 0.3 is 0 Å². The molecule has 33 heavy (non-hydrogen) atoms. The van der Waals surface area contributed by atoms with Gasteiger partial charge in [-0.1, -0.05) is 12.1 Å². The van der Waals surface area contributed by atoms with Crippen molar-refractivity contribution >= 4 is 16.7 Å². The lowest BCUT2D eigenvalue weighted by Crippen LogP contribution is -2.50. The molecule has 6 heteroatoms. The number of rotatable bonds is 5. The molecular formula is C27H37N6+. The standard InChI is InChI=1S/C27H37N6/c1-3-33(2,24-13-4-8-20-9-6-14-28-26(20)24)19-25-29-22-11-5-12-23(27(22)30-25)32-17-16-31-15-7-10-21(31)18-32/h5-6,9,11-12,14,21,24H,3-4,7-8,10,13,15-19H2,1-2H3,(H,29,30)/q+1/t21-,24+,33?/m1/s1. The molecule has 3 aromatic rings. The largest absolute Gasteiger partial charge is 0.367 e. The number of nitrogens with one attached hydrogen (secondary N) is 1. The Morgan fingerprint density at radius 3 is 2.94 bits per heavy atom. The number of anilines is 1. The second kappa shape index (κ2) is 8.41. The average molecular weight is 446 g/mol. The SMILES string of the molecule is CC[N+](C)(Cc1nc2c(N3CCN4CCC[C@@H]4C3)cccc2[nH]1)[C@H]1CCCc2cccnc21. The normalized spacial score (nSPS) is 25.1. The lowest BCUT2D eigenvalue weighted by molar-refractivity contribution is -0.952. The van der Waals surface area contributed by atoms with Crippen molar-refractivity contribution in [2.75, 3.05) is 44.7 Å². The maximum absolute atomic E-state index is 5.21. The molecule has 2 aromatic heterocycles. The van der Waals surface area contributed by atoms with Gasteiger partial charge in [0, 0.05) is 38.3 Å². The maximum atomic E-state index is 5.21. The highest BCUT2D eigenvalue weighted by molar-refractivity contribution is 5.89. The summed E-state index contributed by atoms with van der Waals surface area (Å²) in [5.74, 6) is 1.10. The number of piperazine rings is 1. The third-order valence-electron chi connectivity index (χ3n) is 8.62. The topological polar surface area (TPSA) is 48.1 Å². The van der Waals surface area contributed by atoms with Gasteiger partial charge in [-0.2, -0.15) is 0 Å². The first kappa shape index (κ1) is 21.1. The average Bonchev–Trinajstić information content (AvgIpc) is 3.49. The van der Waals surface area contributed by atoms with Gasteiger partial charge in [-0.3, -0.25) is 9.88 Å². The zero-order valence-corrected chi connectivity index (χ0v) is 20.1. The van der Waals surface area contributed by atoms with Crippen molar-refractivity contribution < 1.29 is 4.48 Å². The predicted molar refractivity (Wildman–Crippen MR) is 133 cm³/mol. The Kier molecular flexibility index (Phi) is 5.38. The Labute approximate surface area is 197 Å². The van der Waals surface area contributed by atoms with E-state index < -0.39 is 0 Å². The second-order valence-electron chi connectivity index (χ2n) is 10.5. The summed E-state index contributed by atoms with van der Waals surface area (Å²) in [6, 6.07) is 12.2. The van der Waals surface area contributed by atoms with Crippen LogP contribution in [0, 0.1) is 0 Å². The number of nitrogens with zero attached hydrogens (tertiary/aromatic N) is 5. The summed E-state index contributed by atoms with van der Waals surface area (Å²) < 4.78 is 0.944. The van der Waals surface area contributed by atoms with Crippen LogP contribution in [0.1, 0.15) is 55.7 Å². The molecule has 174 valence electrons. The first-order valence-electron chi connectivity index (χ1n) is 12.9. The number of quaternary nitrogens is 1. The first-order valence-corrected chi connectivity index (χ1v) is 12.9. The van der Waals surface area contributed by atoms with Crippen LogP contribution in [0.3, 0.4) is 0 Å². The maximum Gasteiger partial charge on any atom is 0.162 e. The van der Waals surface area contributed by atoms with Crippen LogP contribution in [-0.2, 0) is 13.0 Å². The second-order valence-corrected chi connectivity index (χ2v) is 10.5. The lowest BCUT2D eigenvalue weighted by atomic mass is 9.89. The van der Waals surface area contributed by atoms with Gasteiger partial charge in [0.2, 0.25) is 0 Å². The van der Waals surface area contributed by atoms with Crippen molar-refractivity contribution in [1.29, 1.82) is 0 Å². The van der Waals surface area contributed by atoms with E-state index in [1.807, 2.05) is 6.20 Å². The number of aromatic nitrogens is 3. The van der Waals surface area contributed by atoms with E-state index in [1.165, 1.54) is 61.2 Å². The number of hydrogen-bond acceptors (Lipinski definition) is 4. The minimum atomic E-state index is 0.433. The summed E-state index contributed by atoms with van der Waals surface area (Å²) in [5.41, 5.74) is 6.35. The molecule has 3 aliphatic rings. The van der Waals surface area contributed by atoms with Crippen LogP contribution in [0.15, 0.2) is 36.5 Å². The zero-order chi connectivity index (χ0) is 22.4. The number of aromatic amines is 1. The summed E-state index contributed by atoms with van der Waals surface area (Å²) in [6.45, 7) is 8.97.